The number of hydrogen-bond acceptors (Lipinski definition) is 4. The van der Waals surface area contributed by atoms with Crippen molar-refractivity contribution >= 4 is 5.57 Å². The first-order chi connectivity index (χ1) is 11.3. The number of benzene rings is 1. The summed E-state index contributed by atoms with van der Waals surface area (Å²) in [5, 5.41) is 10.5. The summed E-state index contributed by atoms with van der Waals surface area (Å²) in [7, 11) is 0. The molecule has 1 saturated heterocycles. The zero-order valence-electron chi connectivity index (χ0n) is 13.5. The standard InChI is InChI=1S/C19H25NO3/c21-19(23-14-4-11-20-12-15-22-16-13-20)9-7-18(8-10-19)17-5-2-1-3-6-17/h1-3,5-9,21H,4,10-16H2. The molecule has 1 aliphatic carbocycles. The van der Waals surface area contributed by atoms with E-state index in [-0.39, 0.29) is 0 Å². The molecule has 2 aliphatic rings. The van der Waals surface area contributed by atoms with E-state index in [9.17, 15) is 5.11 Å². The van der Waals surface area contributed by atoms with Gasteiger partial charge in [-0.15, -0.1) is 0 Å². The van der Waals surface area contributed by atoms with Gasteiger partial charge in [0, 0.05) is 26.1 Å². The quantitative estimate of drug-likeness (QED) is 0.647. The van der Waals surface area contributed by atoms with E-state index in [0.29, 0.717) is 13.0 Å². The van der Waals surface area contributed by atoms with Gasteiger partial charge in [-0.05, 0) is 23.6 Å². The second-order valence-electron chi connectivity index (χ2n) is 6.06. The molecule has 1 heterocycles. The first kappa shape index (κ1) is 16.4. The van der Waals surface area contributed by atoms with Crippen LogP contribution in [0.25, 0.3) is 5.57 Å². The van der Waals surface area contributed by atoms with Crippen molar-refractivity contribution in [3.8, 4) is 0 Å². The molecule has 1 fully saturated rings. The molecule has 0 saturated carbocycles. The lowest BCUT2D eigenvalue weighted by Gasteiger charge is -2.29. The van der Waals surface area contributed by atoms with Crippen LogP contribution in [-0.2, 0) is 9.47 Å². The van der Waals surface area contributed by atoms with E-state index in [1.54, 1.807) is 6.08 Å². The zero-order chi connectivity index (χ0) is 16.0. The van der Waals surface area contributed by atoms with Gasteiger partial charge in [0.2, 0.25) is 0 Å². The summed E-state index contributed by atoms with van der Waals surface area (Å²) in [4.78, 5) is 2.38. The van der Waals surface area contributed by atoms with Gasteiger partial charge in [-0.1, -0.05) is 42.5 Å². The SMILES string of the molecule is OC1(OCCCN2CCOCC2)C=CC(c2ccccc2)=CC1. The molecule has 1 N–H and O–H groups in total. The maximum Gasteiger partial charge on any atom is 0.189 e. The Bertz CT molecular complexity index is 549. The van der Waals surface area contributed by atoms with E-state index in [4.69, 9.17) is 9.47 Å². The summed E-state index contributed by atoms with van der Waals surface area (Å²) in [5.41, 5.74) is 2.30. The molecule has 23 heavy (non-hydrogen) atoms. The van der Waals surface area contributed by atoms with Gasteiger partial charge in [-0.25, -0.2) is 0 Å². The average molecular weight is 315 g/mol. The second-order valence-corrected chi connectivity index (χ2v) is 6.06. The van der Waals surface area contributed by atoms with Crippen LogP contribution in [0.2, 0.25) is 0 Å². The summed E-state index contributed by atoms with van der Waals surface area (Å²) in [6, 6.07) is 10.2. The van der Waals surface area contributed by atoms with Crippen LogP contribution in [0, 0.1) is 0 Å². The van der Waals surface area contributed by atoms with Gasteiger partial charge < -0.3 is 14.6 Å². The van der Waals surface area contributed by atoms with E-state index in [1.165, 1.54) is 0 Å². The molecule has 1 aliphatic heterocycles. The molecule has 0 amide bonds. The summed E-state index contributed by atoms with van der Waals surface area (Å²) >= 11 is 0. The van der Waals surface area contributed by atoms with Gasteiger partial charge in [0.05, 0.1) is 19.8 Å². The van der Waals surface area contributed by atoms with E-state index in [2.05, 4.69) is 17.0 Å². The van der Waals surface area contributed by atoms with Crippen molar-refractivity contribution in [2.45, 2.75) is 18.6 Å². The lowest BCUT2D eigenvalue weighted by Crippen LogP contribution is -2.38. The summed E-state index contributed by atoms with van der Waals surface area (Å²) < 4.78 is 11.0. The highest BCUT2D eigenvalue weighted by Crippen LogP contribution is 2.27. The second kappa shape index (κ2) is 7.88. The molecule has 1 unspecified atom stereocenters. The Kier molecular flexibility index (Phi) is 5.62. The predicted octanol–water partition coefficient (Wildman–Crippen LogP) is 2.46. The van der Waals surface area contributed by atoms with Gasteiger partial charge in [-0.2, -0.15) is 0 Å². The number of hydrogen-bond donors (Lipinski definition) is 1. The summed E-state index contributed by atoms with van der Waals surface area (Å²) in [5.74, 6) is -1.16. The smallest absolute Gasteiger partial charge is 0.189 e. The van der Waals surface area contributed by atoms with E-state index in [0.717, 1.165) is 50.4 Å². The monoisotopic (exact) mass is 315 g/mol. The third-order valence-electron chi connectivity index (χ3n) is 4.32. The molecule has 4 nitrogen and oxygen atoms in total. The maximum atomic E-state index is 10.5. The van der Waals surface area contributed by atoms with Crippen molar-refractivity contribution in [2.75, 3.05) is 39.5 Å². The summed E-state index contributed by atoms with van der Waals surface area (Å²) in [6.07, 6.45) is 7.17. The molecular formula is C19H25NO3. The number of morpholine rings is 1. The third kappa shape index (κ3) is 4.75. The van der Waals surface area contributed by atoms with Crippen LogP contribution in [-0.4, -0.2) is 55.2 Å². The van der Waals surface area contributed by atoms with Gasteiger partial charge in [0.15, 0.2) is 5.79 Å². The summed E-state index contributed by atoms with van der Waals surface area (Å²) in [6.45, 7) is 5.18. The first-order valence-electron chi connectivity index (χ1n) is 8.36. The fourth-order valence-electron chi connectivity index (χ4n) is 2.93. The van der Waals surface area contributed by atoms with Gasteiger partial charge in [0.1, 0.15) is 0 Å². The van der Waals surface area contributed by atoms with Gasteiger partial charge >= 0.3 is 0 Å². The van der Waals surface area contributed by atoms with Crippen LogP contribution in [0.3, 0.4) is 0 Å². The Morgan fingerprint density at radius 1 is 1.17 bits per heavy atom. The lowest BCUT2D eigenvalue weighted by molar-refractivity contribution is -0.165. The Morgan fingerprint density at radius 2 is 1.96 bits per heavy atom. The normalized spacial score (nSPS) is 25.3. The van der Waals surface area contributed by atoms with Crippen molar-refractivity contribution < 1.29 is 14.6 Å². The van der Waals surface area contributed by atoms with Crippen molar-refractivity contribution in [3.63, 3.8) is 0 Å². The molecule has 1 atom stereocenters. The van der Waals surface area contributed by atoms with Crippen LogP contribution in [0.15, 0.2) is 48.6 Å². The lowest BCUT2D eigenvalue weighted by atomic mass is 9.96. The molecule has 124 valence electrons. The molecular weight excluding hydrogens is 290 g/mol. The molecule has 1 aromatic rings. The minimum atomic E-state index is -1.16. The van der Waals surface area contributed by atoms with Crippen molar-refractivity contribution in [3.05, 3.63) is 54.1 Å². The van der Waals surface area contributed by atoms with Crippen molar-refractivity contribution in [1.82, 2.24) is 4.90 Å². The molecule has 0 spiro atoms. The molecule has 1 aromatic carbocycles. The zero-order valence-corrected chi connectivity index (χ0v) is 13.5. The van der Waals surface area contributed by atoms with Gasteiger partial charge in [-0.3, -0.25) is 4.90 Å². The van der Waals surface area contributed by atoms with Crippen LogP contribution < -0.4 is 0 Å². The average Bonchev–Trinajstić information content (AvgIpc) is 2.61. The number of ether oxygens (including phenoxy) is 2. The maximum absolute atomic E-state index is 10.5. The number of nitrogens with zero attached hydrogens (tertiary/aromatic N) is 1. The topological polar surface area (TPSA) is 41.9 Å². The van der Waals surface area contributed by atoms with Crippen molar-refractivity contribution in [1.29, 1.82) is 0 Å². The van der Waals surface area contributed by atoms with Crippen LogP contribution in [0.5, 0.6) is 0 Å². The first-order valence-corrected chi connectivity index (χ1v) is 8.36. The Labute approximate surface area is 138 Å². The fourth-order valence-corrected chi connectivity index (χ4v) is 2.93. The minimum Gasteiger partial charge on any atom is -0.379 e. The number of aliphatic hydroxyl groups is 1. The van der Waals surface area contributed by atoms with Crippen LogP contribution in [0.4, 0.5) is 0 Å². The highest BCUT2D eigenvalue weighted by molar-refractivity contribution is 5.75. The minimum absolute atomic E-state index is 0.491. The molecule has 0 radical (unpaired) electrons. The Morgan fingerprint density at radius 3 is 2.65 bits per heavy atom. The molecule has 0 aromatic heterocycles. The Hall–Kier alpha value is -1.46. The van der Waals surface area contributed by atoms with Crippen LogP contribution >= 0.6 is 0 Å². The largest absolute Gasteiger partial charge is 0.379 e. The van der Waals surface area contributed by atoms with Gasteiger partial charge in [0.25, 0.3) is 0 Å². The van der Waals surface area contributed by atoms with E-state index in [1.807, 2.05) is 30.4 Å². The van der Waals surface area contributed by atoms with Crippen LogP contribution in [0.1, 0.15) is 18.4 Å². The molecule has 0 bridgehead atoms. The molecule has 3 rings (SSSR count). The number of rotatable bonds is 6. The highest BCUT2D eigenvalue weighted by atomic mass is 16.6. The van der Waals surface area contributed by atoms with E-state index < -0.39 is 5.79 Å². The van der Waals surface area contributed by atoms with E-state index >= 15 is 0 Å². The molecule has 4 heteroatoms. The van der Waals surface area contributed by atoms with Crippen molar-refractivity contribution in [2.24, 2.45) is 0 Å². The third-order valence-corrected chi connectivity index (χ3v) is 4.32. The predicted molar refractivity (Wildman–Crippen MR) is 91.0 cm³/mol. The fraction of sp³-hybridized carbons (Fsp3) is 0.474. The Balaban J connectivity index is 1.42. The number of allylic oxidation sites excluding steroid dienone is 2. The highest BCUT2D eigenvalue weighted by Gasteiger charge is 2.26.